The molecular weight excluding hydrogens is 396 g/mol. The molecule has 0 saturated carbocycles. The maximum absolute atomic E-state index is 12.7. The predicted octanol–water partition coefficient (Wildman–Crippen LogP) is 4.96. The van der Waals surface area contributed by atoms with Gasteiger partial charge in [-0.2, -0.15) is 0 Å². The number of benzene rings is 2. The molecule has 0 bridgehead atoms. The molecule has 0 fully saturated rings. The topological polar surface area (TPSA) is 74.5 Å². The zero-order valence-corrected chi connectivity index (χ0v) is 16.4. The van der Waals surface area contributed by atoms with E-state index in [-0.39, 0.29) is 18.3 Å². The number of nitrogens with zero attached hydrogens (tertiary/aromatic N) is 2. The van der Waals surface area contributed by atoms with Gasteiger partial charge in [-0.05, 0) is 42.1 Å². The molecule has 1 aliphatic rings. The van der Waals surface area contributed by atoms with Gasteiger partial charge in [-0.1, -0.05) is 30.0 Å². The molecule has 2 aromatic heterocycles. The summed E-state index contributed by atoms with van der Waals surface area (Å²) in [4.78, 5) is 13.5. The van der Waals surface area contributed by atoms with Crippen LogP contribution in [0, 0.1) is 6.92 Å². The molecule has 1 aliphatic heterocycles. The lowest BCUT2D eigenvalue weighted by molar-refractivity contribution is 0.102. The van der Waals surface area contributed by atoms with Crippen LogP contribution in [0.3, 0.4) is 0 Å². The van der Waals surface area contributed by atoms with Gasteiger partial charge in [-0.25, -0.2) is 0 Å². The zero-order valence-electron chi connectivity index (χ0n) is 14.8. The van der Waals surface area contributed by atoms with Gasteiger partial charge in [-0.15, -0.1) is 21.5 Å². The fourth-order valence-corrected chi connectivity index (χ4v) is 4.92. The number of carbonyl (C=O) groups is 1. The summed E-state index contributed by atoms with van der Waals surface area (Å²) in [6.45, 7) is 2.20. The summed E-state index contributed by atoms with van der Waals surface area (Å²) in [6.07, 6.45) is 0. The number of Topliss-reactive ketones (excluding diaryl/α,β-unsaturated/α-hetero) is 1. The first kappa shape index (κ1) is 17.3. The molecule has 8 heteroatoms. The van der Waals surface area contributed by atoms with Crippen LogP contribution in [0.2, 0.25) is 0 Å². The van der Waals surface area contributed by atoms with Crippen LogP contribution in [0.1, 0.15) is 15.2 Å². The van der Waals surface area contributed by atoms with Gasteiger partial charge in [-0.3, -0.25) is 4.79 Å². The number of ketones is 1. The van der Waals surface area contributed by atoms with Gasteiger partial charge >= 0.3 is 0 Å². The minimum Gasteiger partial charge on any atom is -0.454 e. The average molecular weight is 410 g/mol. The van der Waals surface area contributed by atoms with E-state index in [1.54, 1.807) is 6.07 Å². The summed E-state index contributed by atoms with van der Waals surface area (Å²) in [5, 5.41) is 9.60. The Morgan fingerprint density at radius 3 is 2.89 bits per heavy atom. The molecule has 6 nitrogen and oxygen atoms in total. The first-order chi connectivity index (χ1) is 13.7. The second-order valence-corrected chi connectivity index (χ2v) is 8.18. The van der Waals surface area contributed by atoms with Crippen LogP contribution < -0.4 is 9.47 Å². The van der Waals surface area contributed by atoms with Gasteiger partial charge in [0.2, 0.25) is 12.7 Å². The lowest BCUT2D eigenvalue weighted by Crippen LogP contribution is -2.01. The molecule has 0 saturated heterocycles. The summed E-state index contributed by atoms with van der Waals surface area (Å²) >= 11 is 2.77. The molecule has 0 atom stereocenters. The third-order valence-electron chi connectivity index (χ3n) is 4.45. The second kappa shape index (κ2) is 6.96. The van der Waals surface area contributed by atoms with E-state index in [9.17, 15) is 4.79 Å². The molecule has 0 aliphatic carbocycles. The van der Waals surface area contributed by atoms with Gasteiger partial charge < -0.3 is 13.9 Å². The van der Waals surface area contributed by atoms with Gasteiger partial charge in [0, 0.05) is 10.3 Å². The Morgan fingerprint density at radius 1 is 1.14 bits per heavy atom. The third kappa shape index (κ3) is 3.04. The Balaban J connectivity index is 1.31. The highest BCUT2D eigenvalue weighted by Crippen LogP contribution is 2.36. The van der Waals surface area contributed by atoms with Crippen LogP contribution in [0.5, 0.6) is 11.5 Å². The van der Waals surface area contributed by atoms with E-state index in [1.807, 2.05) is 43.3 Å². The summed E-state index contributed by atoms with van der Waals surface area (Å²) in [7, 11) is 0. The second-order valence-electron chi connectivity index (χ2n) is 6.21. The van der Waals surface area contributed by atoms with Crippen molar-refractivity contribution in [1.82, 2.24) is 10.2 Å². The van der Waals surface area contributed by atoms with Crippen LogP contribution in [-0.4, -0.2) is 28.5 Å². The molecule has 28 heavy (non-hydrogen) atoms. The lowest BCUT2D eigenvalue weighted by Gasteiger charge is -1.98. The Morgan fingerprint density at radius 2 is 2.00 bits per heavy atom. The van der Waals surface area contributed by atoms with Crippen LogP contribution in [0.15, 0.2) is 52.1 Å². The van der Waals surface area contributed by atoms with Crippen LogP contribution in [-0.2, 0) is 0 Å². The van der Waals surface area contributed by atoms with Crippen LogP contribution >= 0.6 is 23.1 Å². The molecule has 4 aromatic rings. The Hall–Kier alpha value is -2.84. The fraction of sp³-hybridized carbons (Fsp3) is 0.150. The van der Waals surface area contributed by atoms with Crippen molar-refractivity contribution in [3.05, 3.63) is 52.9 Å². The summed E-state index contributed by atoms with van der Waals surface area (Å²) in [6, 6.07) is 13.5. The lowest BCUT2D eigenvalue weighted by atomic mass is 10.1. The maximum atomic E-state index is 12.7. The fourth-order valence-electron chi connectivity index (χ4n) is 3.05. The van der Waals surface area contributed by atoms with Gasteiger partial charge in [0.15, 0.2) is 17.3 Å². The van der Waals surface area contributed by atoms with E-state index in [4.69, 9.17) is 13.9 Å². The first-order valence-electron chi connectivity index (χ1n) is 8.57. The molecule has 0 N–H and O–H groups in total. The van der Waals surface area contributed by atoms with Gasteiger partial charge in [0.05, 0.1) is 10.6 Å². The predicted molar refractivity (Wildman–Crippen MR) is 107 cm³/mol. The third-order valence-corrected chi connectivity index (χ3v) is 6.58. The first-order valence-corrected chi connectivity index (χ1v) is 10.4. The number of ether oxygens (including phenoxy) is 2. The van der Waals surface area contributed by atoms with Crippen molar-refractivity contribution in [2.24, 2.45) is 0 Å². The molecule has 140 valence electrons. The highest BCUT2D eigenvalue weighted by molar-refractivity contribution is 7.99. The minimum absolute atomic E-state index is 0.0616. The van der Waals surface area contributed by atoms with Crippen LogP contribution in [0.4, 0.5) is 0 Å². The standard InChI is InChI=1S/C20H14N2O4S2/c1-11-13-4-2-3-5-17(13)28-18(11)14(23)9-27-20-22-21-19(26-20)12-6-7-15-16(8-12)25-10-24-15/h2-8H,9-10H2,1H3. The van der Waals surface area contributed by atoms with E-state index in [2.05, 4.69) is 10.2 Å². The Bertz CT molecular complexity index is 1200. The molecule has 2 aromatic carbocycles. The highest BCUT2D eigenvalue weighted by Gasteiger charge is 2.19. The van der Waals surface area contributed by atoms with Crippen molar-refractivity contribution in [1.29, 1.82) is 0 Å². The SMILES string of the molecule is Cc1c(C(=O)CSc2nnc(-c3ccc4c(c3)OCO4)o2)sc2ccccc12. The smallest absolute Gasteiger partial charge is 0.277 e. The van der Waals surface area contributed by atoms with E-state index in [0.717, 1.165) is 26.1 Å². The Labute approximate surface area is 168 Å². The van der Waals surface area contributed by atoms with E-state index in [0.29, 0.717) is 22.6 Å². The minimum atomic E-state index is 0.0616. The molecule has 5 rings (SSSR count). The number of aromatic nitrogens is 2. The normalized spacial score (nSPS) is 12.6. The maximum Gasteiger partial charge on any atom is 0.277 e. The number of thioether (sulfide) groups is 1. The van der Waals surface area contributed by atoms with Crippen molar-refractivity contribution in [2.45, 2.75) is 12.1 Å². The summed E-state index contributed by atoms with van der Waals surface area (Å²) in [5.41, 5.74) is 1.77. The number of hydrogen-bond acceptors (Lipinski definition) is 8. The van der Waals surface area contributed by atoms with Gasteiger partial charge in [0.1, 0.15) is 0 Å². The number of aryl methyl sites for hydroxylation is 1. The summed E-state index contributed by atoms with van der Waals surface area (Å²) in [5.74, 6) is 2.04. The Kier molecular flexibility index (Phi) is 4.29. The van der Waals surface area contributed by atoms with Crippen molar-refractivity contribution in [3.63, 3.8) is 0 Å². The molecular formula is C20H14N2O4S2. The van der Waals surface area contributed by atoms with E-state index < -0.39 is 0 Å². The number of hydrogen-bond donors (Lipinski definition) is 0. The molecule has 0 spiro atoms. The summed E-state index contributed by atoms with van der Waals surface area (Å²) < 4.78 is 17.5. The van der Waals surface area contributed by atoms with Crippen molar-refractivity contribution in [3.8, 4) is 23.0 Å². The highest BCUT2D eigenvalue weighted by atomic mass is 32.2. The van der Waals surface area contributed by atoms with Crippen LogP contribution in [0.25, 0.3) is 21.5 Å². The number of fused-ring (bicyclic) bond motifs is 2. The number of thiophene rings is 1. The monoisotopic (exact) mass is 410 g/mol. The molecule has 3 heterocycles. The van der Waals surface area contributed by atoms with Crippen molar-refractivity contribution < 1.29 is 18.7 Å². The number of rotatable bonds is 5. The van der Waals surface area contributed by atoms with E-state index in [1.165, 1.54) is 23.1 Å². The zero-order chi connectivity index (χ0) is 19.1. The molecule has 0 radical (unpaired) electrons. The van der Waals surface area contributed by atoms with Crippen molar-refractivity contribution in [2.75, 3.05) is 12.5 Å². The van der Waals surface area contributed by atoms with Crippen molar-refractivity contribution >= 4 is 39.0 Å². The van der Waals surface area contributed by atoms with Gasteiger partial charge in [0.25, 0.3) is 5.22 Å². The largest absolute Gasteiger partial charge is 0.454 e. The average Bonchev–Trinajstić information content (AvgIpc) is 3.44. The molecule has 0 amide bonds. The van der Waals surface area contributed by atoms with E-state index >= 15 is 0 Å². The quantitative estimate of drug-likeness (QED) is 0.340. The molecule has 0 unspecified atom stereocenters. The number of carbonyl (C=O) groups excluding carboxylic acids is 1.